The molecular formula is C17H28N2O. The van der Waals surface area contributed by atoms with Crippen LogP contribution in [0.3, 0.4) is 0 Å². The van der Waals surface area contributed by atoms with E-state index >= 15 is 0 Å². The summed E-state index contributed by atoms with van der Waals surface area (Å²) in [6.45, 7) is 6.06. The zero-order valence-corrected chi connectivity index (χ0v) is 12.8. The maximum Gasteiger partial charge on any atom is 0.123 e. The average Bonchev–Trinajstić information content (AvgIpc) is 2.38. The molecule has 20 heavy (non-hydrogen) atoms. The fraction of sp³-hybridized carbons (Fsp3) is 0.647. The number of nitrogen functional groups attached to an aromatic ring is 1. The molecule has 112 valence electrons. The van der Waals surface area contributed by atoms with Gasteiger partial charge in [0, 0.05) is 30.1 Å². The van der Waals surface area contributed by atoms with Crippen molar-refractivity contribution in [1.82, 2.24) is 0 Å². The van der Waals surface area contributed by atoms with Gasteiger partial charge in [-0.05, 0) is 37.7 Å². The normalized spacial score (nSPS) is 22.5. The van der Waals surface area contributed by atoms with E-state index in [1.165, 1.54) is 32.1 Å². The van der Waals surface area contributed by atoms with Crippen LogP contribution in [-0.4, -0.2) is 13.2 Å². The standard InChI is InChI=1S/C17H28N2O/c1-3-20-17-11-15(18)10-16(12-17)19-8-7-14-6-4-5-13(2)9-14/h10-14,19H,3-9,18H2,1-2H3. The van der Waals surface area contributed by atoms with Crippen LogP contribution in [0.25, 0.3) is 0 Å². The lowest BCUT2D eigenvalue weighted by atomic mass is 9.81. The van der Waals surface area contributed by atoms with E-state index in [0.29, 0.717) is 6.61 Å². The highest BCUT2D eigenvalue weighted by Gasteiger charge is 2.18. The Morgan fingerprint density at radius 1 is 1.30 bits per heavy atom. The molecule has 3 heteroatoms. The van der Waals surface area contributed by atoms with Crippen molar-refractivity contribution in [3.05, 3.63) is 18.2 Å². The highest BCUT2D eigenvalue weighted by atomic mass is 16.5. The van der Waals surface area contributed by atoms with Crippen LogP contribution in [-0.2, 0) is 0 Å². The molecule has 3 nitrogen and oxygen atoms in total. The lowest BCUT2D eigenvalue weighted by Gasteiger charge is -2.26. The molecule has 1 saturated carbocycles. The Morgan fingerprint density at radius 2 is 2.15 bits per heavy atom. The second-order valence-corrected chi connectivity index (χ2v) is 6.08. The number of nitrogens with two attached hydrogens (primary N) is 1. The van der Waals surface area contributed by atoms with E-state index in [4.69, 9.17) is 10.5 Å². The summed E-state index contributed by atoms with van der Waals surface area (Å²) in [5.41, 5.74) is 7.72. The Balaban J connectivity index is 1.81. The van der Waals surface area contributed by atoms with Gasteiger partial charge in [-0.3, -0.25) is 0 Å². The van der Waals surface area contributed by atoms with Gasteiger partial charge >= 0.3 is 0 Å². The predicted octanol–water partition coefficient (Wildman–Crippen LogP) is 4.30. The van der Waals surface area contributed by atoms with Crippen molar-refractivity contribution in [2.45, 2.75) is 46.0 Å². The van der Waals surface area contributed by atoms with Crippen molar-refractivity contribution in [3.8, 4) is 5.75 Å². The monoisotopic (exact) mass is 276 g/mol. The molecule has 2 atom stereocenters. The highest BCUT2D eigenvalue weighted by Crippen LogP contribution is 2.30. The van der Waals surface area contributed by atoms with Crippen molar-refractivity contribution < 1.29 is 4.74 Å². The predicted molar refractivity (Wildman–Crippen MR) is 86.3 cm³/mol. The summed E-state index contributed by atoms with van der Waals surface area (Å²) >= 11 is 0. The van der Waals surface area contributed by atoms with Crippen LogP contribution in [0.5, 0.6) is 5.75 Å². The highest BCUT2D eigenvalue weighted by molar-refractivity contribution is 5.59. The molecule has 2 unspecified atom stereocenters. The minimum absolute atomic E-state index is 0.669. The van der Waals surface area contributed by atoms with E-state index in [2.05, 4.69) is 12.2 Å². The van der Waals surface area contributed by atoms with Crippen LogP contribution in [0, 0.1) is 11.8 Å². The van der Waals surface area contributed by atoms with Gasteiger partial charge in [-0.15, -0.1) is 0 Å². The number of hydrogen-bond donors (Lipinski definition) is 2. The zero-order chi connectivity index (χ0) is 14.4. The van der Waals surface area contributed by atoms with E-state index < -0.39 is 0 Å². The molecule has 3 N–H and O–H groups in total. The van der Waals surface area contributed by atoms with E-state index in [9.17, 15) is 0 Å². The second-order valence-electron chi connectivity index (χ2n) is 6.08. The fourth-order valence-electron chi connectivity index (χ4n) is 3.22. The number of anilines is 2. The Bertz CT molecular complexity index is 419. The molecule has 1 aromatic carbocycles. The Morgan fingerprint density at radius 3 is 2.90 bits per heavy atom. The number of nitrogens with one attached hydrogen (secondary N) is 1. The molecule has 0 amide bonds. The zero-order valence-electron chi connectivity index (χ0n) is 12.8. The topological polar surface area (TPSA) is 47.3 Å². The van der Waals surface area contributed by atoms with Crippen LogP contribution in [0.4, 0.5) is 11.4 Å². The van der Waals surface area contributed by atoms with Crippen LogP contribution >= 0.6 is 0 Å². The summed E-state index contributed by atoms with van der Waals surface area (Å²) < 4.78 is 5.52. The lowest BCUT2D eigenvalue weighted by Crippen LogP contribution is -2.16. The molecule has 2 rings (SSSR count). The summed E-state index contributed by atoms with van der Waals surface area (Å²) in [6.07, 6.45) is 6.86. The first kappa shape index (κ1) is 15.0. The van der Waals surface area contributed by atoms with Gasteiger partial charge < -0.3 is 15.8 Å². The Hall–Kier alpha value is -1.38. The summed E-state index contributed by atoms with van der Waals surface area (Å²) in [6, 6.07) is 5.88. The van der Waals surface area contributed by atoms with Crippen LogP contribution in [0.1, 0.15) is 46.0 Å². The third-order valence-corrected chi connectivity index (χ3v) is 4.17. The molecule has 1 aliphatic rings. The van der Waals surface area contributed by atoms with Gasteiger partial charge in [0.1, 0.15) is 5.75 Å². The van der Waals surface area contributed by atoms with E-state index in [1.54, 1.807) is 0 Å². The third-order valence-electron chi connectivity index (χ3n) is 4.17. The first-order valence-electron chi connectivity index (χ1n) is 7.94. The van der Waals surface area contributed by atoms with Crippen LogP contribution in [0.2, 0.25) is 0 Å². The third kappa shape index (κ3) is 4.62. The first-order chi connectivity index (χ1) is 9.67. The second kappa shape index (κ2) is 7.41. The minimum Gasteiger partial charge on any atom is -0.494 e. The molecule has 1 fully saturated rings. The van der Waals surface area contributed by atoms with Crippen molar-refractivity contribution in [2.75, 3.05) is 24.2 Å². The van der Waals surface area contributed by atoms with Gasteiger partial charge in [-0.25, -0.2) is 0 Å². The SMILES string of the molecule is CCOc1cc(N)cc(NCCC2CCCC(C)C2)c1. The molecule has 0 saturated heterocycles. The van der Waals surface area contributed by atoms with Gasteiger partial charge in [0.15, 0.2) is 0 Å². The van der Waals surface area contributed by atoms with E-state index in [1.807, 2.05) is 25.1 Å². The van der Waals surface area contributed by atoms with E-state index in [-0.39, 0.29) is 0 Å². The summed E-state index contributed by atoms with van der Waals surface area (Å²) in [4.78, 5) is 0. The summed E-state index contributed by atoms with van der Waals surface area (Å²) in [5.74, 6) is 2.64. The number of ether oxygens (including phenoxy) is 1. The van der Waals surface area contributed by atoms with Gasteiger partial charge in [0.05, 0.1) is 6.61 Å². The maximum atomic E-state index is 5.90. The van der Waals surface area contributed by atoms with Gasteiger partial charge in [0.2, 0.25) is 0 Å². The summed E-state index contributed by atoms with van der Waals surface area (Å²) in [7, 11) is 0. The number of benzene rings is 1. The van der Waals surface area contributed by atoms with Gasteiger partial charge in [0.25, 0.3) is 0 Å². The molecular weight excluding hydrogens is 248 g/mol. The largest absolute Gasteiger partial charge is 0.494 e. The molecule has 1 aliphatic carbocycles. The van der Waals surface area contributed by atoms with Gasteiger partial charge in [-0.1, -0.05) is 26.2 Å². The maximum absolute atomic E-state index is 5.90. The molecule has 0 bridgehead atoms. The number of rotatable bonds is 6. The number of hydrogen-bond acceptors (Lipinski definition) is 3. The molecule has 0 aliphatic heterocycles. The fourth-order valence-corrected chi connectivity index (χ4v) is 3.22. The molecule has 0 heterocycles. The first-order valence-corrected chi connectivity index (χ1v) is 7.94. The molecule has 0 aromatic heterocycles. The van der Waals surface area contributed by atoms with Crippen LogP contribution < -0.4 is 15.8 Å². The van der Waals surface area contributed by atoms with Crippen molar-refractivity contribution in [3.63, 3.8) is 0 Å². The van der Waals surface area contributed by atoms with Crippen molar-refractivity contribution >= 4 is 11.4 Å². The van der Waals surface area contributed by atoms with E-state index in [0.717, 1.165) is 35.5 Å². The Kier molecular flexibility index (Phi) is 5.57. The lowest BCUT2D eigenvalue weighted by molar-refractivity contribution is 0.274. The average molecular weight is 276 g/mol. The molecule has 0 radical (unpaired) electrons. The summed E-state index contributed by atoms with van der Waals surface area (Å²) in [5, 5.41) is 3.49. The van der Waals surface area contributed by atoms with Crippen molar-refractivity contribution in [2.24, 2.45) is 11.8 Å². The molecule has 0 spiro atoms. The minimum atomic E-state index is 0.669. The van der Waals surface area contributed by atoms with Crippen molar-refractivity contribution in [1.29, 1.82) is 0 Å². The Labute approximate surface area is 122 Å². The molecule has 1 aromatic rings. The van der Waals surface area contributed by atoms with Gasteiger partial charge in [-0.2, -0.15) is 0 Å². The quantitative estimate of drug-likeness (QED) is 0.762. The smallest absolute Gasteiger partial charge is 0.123 e. The van der Waals surface area contributed by atoms with Crippen LogP contribution in [0.15, 0.2) is 18.2 Å².